The van der Waals surface area contributed by atoms with Crippen molar-refractivity contribution in [1.29, 1.82) is 0 Å². The molecule has 3 aliphatic rings. The molecule has 0 spiro atoms. The van der Waals surface area contributed by atoms with E-state index in [9.17, 15) is 24.0 Å². The van der Waals surface area contributed by atoms with Crippen molar-refractivity contribution >= 4 is 29.8 Å². The third-order valence-corrected chi connectivity index (χ3v) is 5.33. The molecule has 3 amide bonds. The van der Waals surface area contributed by atoms with Crippen molar-refractivity contribution in [2.45, 2.75) is 64.4 Å². The summed E-state index contributed by atoms with van der Waals surface area (Å²) in [6.07, 6.45) is 4.51. The van der Waals surface area contributed by atoms with E-state index in [0.717, 1.165) is 5.06 Å². The highest BCUT2D eigenvalue weighted by Crippen LogP contribution is 2.35. The Hall–Kier alpha value is -2.91. The quantitative estimate of drug-likeness (QED) is 0.392. The molecule has 29 heavy (non-hydrogen) atoms. The summed E-state index contributed by atoms with van der Waals surface area (Å²) in [5, 5.41) is 1.53. The van der Waals surface area contributed by atoms with E-state index in [1.54, 1.807) is 19.1 Å². The van der Waals surface area contributed by atoms with Gasteiger partial charge in [0.25, 0.3) is 17.7 Å². The lowest BCUT2D eigenvalue weighted by molar-refractivity contribution is -0.205. The van der Waals surface area contributed by atoms with Crippen LogP contribution >= 0.6 is 0 Å². The highest BCUT2D eigenvalue weighted by Gasteiger charge is 2.41. The number of hydrogen-bond donors (Lipinski definition) is 0. The molecule has 3 rings (SSSR count). The van der Waals surface area contributed by atoms with Crippen molar-refractivity contribution in [2.75, 3.05) is 6.54 Å². The van der Waals surface area contributed by atoms with Gasteiger partial charge in [-0.15, -0.1) is 5.06 Å². The number of hydrogen-bond acceptors (Lipinski definition) is 8. The largest absolute Gasteiger partial charge is 0.534 e. The number of hydroxylamine groups is 4. The Kier molecular flexibility index (Phi) is 6.19. The maximum Gasteiger partial charge on any atom is 0.534 e. The molecule has 0 aromatic carbocycles. The summed E-state index contributed by atoms with van der Waals surface area (Å²) in [6, 6.07) is 0. The molecule has 2 heterocycles. The predicted octanol–water partition coefficient (Wildman–Crippen LogP) is 1.79. The van der Waals surface area contributed by atoms with Gasteiger partial charge >= 0.3 is 12.1 Å². The van der Waals surface area contributed by atoms with Crippen LogP contribution in [0.25, 0.3) is 0 Å². The molecular formula is C19H24N2O8. The van der Waals surface area contributed by atoms with Gasteiger partial charge in [-0.3, -0.25) is 14.4 Å². The second-order valence-electron chi connectivity index (χ2n) is 7.62. The van der Waals surface area contributed by atoms with Gasteiger partial charge in [-0.05, 0) is 45.1 Å². The molecule has 0 N–H and O–H groups in total. The average molecular weight is 408 g/mol. The van der Waals surface area contributed by atoms with Crippen LogP contribution in [0.2, 0.25) is 0 Å². The maximum atomic E-state index is 12.7. The molecule has 2 fully saturated rings. The zero-order chi connectivity index (χ0) is 21.0. The Balaban J connectivity index is 1.56. The normalized spacial score (nSPS) is 28.7. The topological polar surface area (TPSA) is 120 Å². The standard InChI is InChI=1S/C19H24N2O8/c1-19(17(25)28-21-15(23)7-8-16(21)24)10-3-2-5-13(9-11-19)27-18(26)29-20-12-4-6-14(20)22/h2,5,13H,3-4,6-12H2,1H3/b5-2+/t13-,19+/m1/s1. The minimum Gasteiger partial charge on any atom is -0.425 e. The van der Waals surface area contributed by atoms with Crippen LogP contribution < -0.4 is 0 Å². The van der Waals surface area contributed by atoms with E-state index < -0.39 is 35.5 Å². The molecule has 2 saturated heterocycles. The van der Waals surface area contributed by atoms with Crippen molar-refractivity contribution in [1.82, 2.24) is 10.1 Å². The number of amides is 3. The summed E-state index contributed by atoms with van der Waals surface area (Å²) in [7, 11) is 0. The number of carbonyl (C=O) groups is 5. The van der Waals surface area contributed by atoms with Crippen LogP contribution in [-0.4, -0.2) is 52.6 Å². The molecule has 0 unspecified atom stereocenters. The Labute approximate surface area is 167 Å². The van der Waals surface area contributed by atoms with Crippen LogP contribution in [0.15, 0.2) is 12.2 Å². The molecule has 0 aromatic heterocycles. The molecule has 0 aromatic rings. The van der Waals surface area contributed by atoms with Crippen molar-refractivity contribution in [3.63, 3.8) is 0 Å². The summed E-state index contributed by atoms with van der Waals surface area (Å²) in [6.45, 7) is 2.03. The molecule has 2 atom stereocenters. The lowest BCUT2D eigenvalue weighted by atomic mass is 9.79. The van der Waals surface area contributed by atoms with Gasteiger partial charge < -0.3 is 14.4 Å². The Morgan fingerprint density at radius 3 is 2.41 bits per heavy atom. The molecular weight excluding hydrogens is 384 g/mol. The van der Waals surface area contributed by atoms with Gasteiger partial charge in [0.1, 0.15) is 6.10 Å². The number of allylic oxidation sites excluding steroid dienone is 1. The van der Waals surface area contributed by atoms with Crippen LogP contribution in [0.1, 0.15) is 58.3 Å². The fourth-order valence-electron chi connectivity index (χ4n) is 3.44. The molecule has 0 radical (unpaired) electrons. The van der Waals surface area contributed by atoms with Crippen LogP contribution in [0.3, 0.4) is 0 Å². The number of rotatable bonds is 4. The smallest absolute Gasteiger partial charge is 0.425 e. The van der Waals surface area contributed by atoms with E-state index in [0.29, 0.717) is 50.1 Å². The molecule has 10 nitrogen and oxygen atoms in total. The van der Waals surface area contributed by atoms with E-state index in [1.165, 1.54) is 0 Å². The lowest BCUT2D eigenvalue weighted by Gasteiger charge is -2.30. The average Bonchev–Trinajstić information content (AvgIpc) is 3.21. The highest BCUT2D eigenvalue weighted by atomic mass is 16.8. The lowest BCUT2D eigenvalue weighted by Crippen LogP contribution is -2.40. The van der Waals surface area contributed by atoms with E-state index in [-0.39, 0.29) is 18.7 Å². The maximum absolute atomic E-state index is 12.7. The monoisotopic (exact) mass is 408 g/mol. The van der Waals surface area contributed by atoms with Crippen molar-refractivity contribution in [2.24, 2.45) is 5.41 Å². The van der Waals surface area contributed by atoms with Crippen LogP contribution in [0.5, 0.6) is 0 Å². The fourth-order valence-corrected chi connectivity index (χ4v) is 3.44. The molecule has 2 aliphatic heterocycles. The summed E-state index contributed by atoms with van der Waals surface area (Å²) >= 11 is 0. The fraction of sp³-hybridized carbons (Fsp3) is 0.632. The van der Waals surface area contributed by atoms with Gasteiger partial charge in [0.15, 0.2) is 0 Å². The van der Waals surface area contributed by atoms with Gasteiger partial charge in [0.05, 0.1) is 12.0 Å². The summed E-state index contributed by atoms with van der Waals surface area (Å²) in [4.78, 5) is 69.5. The van der Waals surface area contributed by atoms with Gasteiger partial charge in [0, 0.05) is 19.3 Å². The number of imide groups is 1. The predicted molar refractivity (Wildman–Crippen MR) is 95.2 cm³/mol. The van der Waals surface area contributed by atoms with Gasteiger partial charge in [-0.1, -0.05) is 6.08 Å². The van der Waals surface area contributed by atoms with Crippen LogP contribution in [-0.2, 0) is 33.6 Å². The molecule has 10 heteroatoms. The zero-order valence-corrected chi connectivity index (χ0v) is 16.3. The first-order chi connectivity index (χ1) is 13.8. The summed E-state index contributed by atoms with van der Waals surface area (Å²) in [5.74, 6) is -1.99. The Bertz CT molecular complexity index is 732. The minimum atomic E-state index is -0.979. The van der Waals surface area contributed by atoms with Gasteiger partial charge in [-0.2, -0.15) is 5.06 Å². The SMILES string of the molecule is C[C@]1(C(=O)ON2C(=O)CCC2=O)CC/C=C/[C@@H](OC(=O)ON2CCCC2=O)CC1. The van der Waals surface area contributed by atoms with Gasteiger partial charge in [-0.25, -0.2) is 9.59 Å². The summed E-state index contributed by atoms with van der Waals surface area (Å²) < 4.78 is 5.27. The number of carbonyl (C=O) groups excluding carboxylic acids is 5. The van der Waals surface area contributed by atoms with E-state index >= 15 is 0 Å². The molecule has 1 aliphatic carbocycles. The second-order valence-corrected chi connectivity index (χ2v) is 7.62. The van der Waals surface area contributed by atoms with E-state index in [2.05, 4.69) is 0 Å². The van der Waals surface area contributed by atoms with Crippen molar-refractivity contribution < 1.29 is 38.4 Å². The number of ether oxygens (including phenoxy) is 1. The third-order valence-electron chi connectivity index (χ3n) is 5.33. The zero-order valence-electron chi connectivity index (χ0n) is 16.3. The molecule has 158 valence electrons. The summed E-state index contributed by atoms with van der Waals surface area (Å²) in [5.41, 5.74) is -0.954. The van der Waals surface area contributed by atoms with Gasteiger partial charge in [0.2, 0.25) is 0 Å². The molecule has 0 saturated carbocycles. The Morgan fingerprint density at radius 2 is 1.76 bits per heavy atom. The molecule has 0 bridgehead atoms. The first kappa shape index (κ1) is 20.8. The van der Waals surface area contributed by atoms with Crippen LogP contribution in [0.4, 0.5) is 4.79 Å². The van der Waals surface area contributed by atoms with Crippen molar-refractivity contribution in [3.05, 3.63) is 12.2 Å². The third kappa shape index (κ3) is 4.93. The first-order valence-corrected chi connectivity index (χ1v) is 9.72. The Morgan fingerprint density at radius 1 is 1.03 bits per heavy atom. The first-order valence-electron chi connectivity index (χ1n) is 9.72. The minimum absolute atomic E-state index is 0.0309. The van der Waals surface area contributed by atoms with Crippen molar-refractivity contribution in [3.8, 4) is 0 Å². The number of nitrogens with zero attached hydrogens (tertiary/aromatic N) is 2. The van der Waals surface area contributed by atoms with Crippen LogP contribution in [0, 0.1) is 5.41 Å². The second kappa shape index (κ2) is 8.62. The highest BCUT2D eigenvalue weighted by molar-refractivity contribution is 6.01. The van der Waals surface area contributed by atoms with E-state index in [1.807, 2.05) is 0 Å². The van der Waals surface area contributed by atoms with E-state index in [4.69, 9.17) is 14.4 Å².